The molecule has 0 atom stereocenters. The second-order valence-corrected chi connectivity index (χ2v) is 6.22. The van der Waals surface area contributed by atoms with Gasteiger partial charge in [0.25, 0.3) is 0 Å². The lowest BCUT2D eigenvalue weighted by atomic mass is 9.65. The Balaban J connectivity index is 2.05. The van der Waals surface area contributed by atoms with Crippen molar-refractivity contribution >= 4 is 23.2 Å². The molecular formula is C15H21Cl2N. The first-order chi connectivity index (χ1) is 8.67. The van der Waals surface area contributed by atoms with Gasteiger partial charge in [-0.1, -0.05) is 42.6 Å². The summed E-state index contributed by atoms with van der Waals surface area (Å²) >= 11 is 12.5. The van der Waals surface area contributed by atoms with Gasteiger partial charge in [-0.3, -0.25) is 0 Å². The number of benzene rings is 1. The van der Waals surface area contributed by atoms with Gasteiger partial charge in [-0.2, -0.15) is 0 Å². The lowest BCUT2D eigenvalue weighted by molar-refractivity contribution is 0.130. The molecule has 0 radical (unpaired) electrons. The van der Waals surface area contributed by atoms with Gasteiger partial charge in [0.1, 0.15) is 0 Å². The summed E-state index contributed by atoms with van der Waals surface area (Å²) < 4.78 is 0. The molecule has 1 aromatic carbocycles. The minimum absolute atomic E-state index is 0.379. The van der Waals surface area contributed by atoms with E-state index in [0.717, 1.165) is 35.1 Å². The Bertz CT molecular complexity index is 379. The molecule has 0 amide bonds. The Morgan fingerprint density at radius 1 is 1.22 bits per heavy atom. The molecule has 2 rings (SSSR count). The zero-order valence-corrected chi connectivity index (χ0v) is 12.4. The van der Waals surface area contributed by atoms with E-state index in [2.05, 4.69) is 12.2 Å². The summed E-state index contributed by atoms with van der Waals surface area (Å²) in [6.07, 6.45) is 6.08. The first-order valence-corrected chi connectivity index (χ1v) is 7.56. The van der Waals surface area contributed by atoms with Crippen molar-refractivity contribution in [2.75, 3.05) is 13.1 Å². The molecule has 1 saturated carbocycles. The second kappa shape index (κ2) is 6.27. The Morgan fingerprint density at radius 3 is 2.39 bits per heavy atom. The maximum atomic E-state index is 6.27. The summed E-state index contributed by atoms with van der Waals surface area (Å²) in [7, 11) is 0. The summed E-state index contributed by atoms with van der Waals surface area (Å²) in [6.45, 7) is 4.38. The molecule has 1 aromatic rings. The molecule has 100 valence electrons. The average Bonchev–Trinajstić information content (AvgIpc) is 2.30. The normalized spacial score (nSPS) is 17.5. The van der Waals surface area contributed by atoms with Crippen LogP contribution < -0.4 is 5.32 Å². The van der Waals surface area contributed by atoms with Crippen molar-refractivity contribution < 1.29 is 0 Å². The maximum Gasteiger partial charge on any atom is 0.0453 e. The van der Waals surface area contributed by atoms with Crippen molar-refractivity contribution in [2.24, 2.45) is 5.41 Å². The van der Waals surface area contributed by atoms with Gasteiger partial charge in [0.15, 0.2) is 0 Å². The molecule has 0 bridgehead atoms. The SMILES string of the molecule is CCCNCC1(Cc2c(Cl)cccc2Cl)CCC1. The van der Waals surface area contributed by atoms with Crippen LogP contribution in [0.15, 0.2) is 18.2 Å². The van der Waals surface area contributed by atoms with Crippen molar-refractivity contribution in [3.63, 3.8) is 0 Å². The van der Waals surface area contributed by atoms with E-state index in [0.29, 0.717) is 5.41 Å². The predicted octanol–water partition coefficient (Wildman–Crippen LogP) is 4.71. The zero-order chi connectivity index (χ0) is 13.0. The molecule has 0 aliphatic heterocycles. The molecule has 0 aromatic heterocycles. The number of halogens is 2. The van der Waals surface area contributed by atoms with Crippen LogP contribution in [0, 0.1) is 5.41 Å². The van der Waals surface area contributed by atoms with Gasteiger partial charge in [-0.15, -0.1) is 0 Å². The van der Waals surface area contributed by atoms with Gasteiger partial charge < -0.3 is 5.32 Å². The van der Waals surface area contributed by atoms with E-state index in [-0.39, 0.29) is 0 Å². The number of hydrogen-bond donors (Lipinski definition) is 1. The van der Waals surface area contributed by atoms with Gasteiger partial charge >= 0.3 is 0 Å². The van der Waals surface area contributed by atoms with Crippen molar-refractivity contribution in [3.8, 4) is 0 Å². The van der Waals surface area contributed by atoms with Crippen molar-refractivity contribution in [1.29, 1.82) is 0 Å². The summed E-state index contributed by atoms with van der Waals surface area (Å²) in [5.74, 6) is 0. The third-order valence-corrected chi connectivity index (χ3v) is 4.66. The maximum absolute atomic E-state index is 6.27. The highest BCUT2D eigenvalue weighted by Crippen LogP contribution is 2.45. The van der Waals surface area contributed by atoms with Gasteiger partial charge in [0, 0.05) is 16.6 Å². The molecule has 1 aliphatic carbocycles. The van der Waals surface area contributed by atoms with E-state index < -0.39 is 0 Å². The Morgan fingerprint density at radius 2 is 1.89 bits per heavy atom. The standard InChI is InChI=1S/C15H21Cl2N/c1-2-9-18-11-15(7-4-8-15)10-12-13(16)5-3-6-14(12)17/h3,5-6,18H,2,4,7-11H2,1H3. The van der Waals surface area contributed by atoms with Gasteiger partial charge in [0.05, 0.1) is 0 Å². The predicted molar refractivity (Wildman–Crippen MR) is 79.6 cm³/mol. The molecular weight excluding hydrogens is 265 g/mol. The number of rotatable bonds is 6. The minimum Gasteiger partial charge on any atom is -0.316 e. The number of hydrogen-bond acceptors (Lipinski definition) is 1. The van der Waals surface area contributed by atoms with Gasteiger partial charge in [0.2, 0.25) is 0 Å². The van der Waals surface area contributed by atoms with Gasteiger partial charge in [-0.25, -0.2) is 0 Å². The molecule has 3 heteroatoms. The highest BCUT2D eigenvalue weighted by atomic mass is 35.5. The first kappa shape index (κ1) is 14.2. The lowest BCUT2D eigenvalue weighted by Gasteiger charge is -2.43. The summed E-state index contributed by atoms with van der Waals surface area (Å²) in [6, 6.07) is 5.79. The number of nitrogens with one attached hydrogen (secondary N) is 1. The first-order valence-electron chi connectivity index (χ1n) is 6.80. The molecule has 0 spiro atoms. The minimum atomic E-state index is 0.379. The average molecular weight is 286 g/mol. The molecule has 0 saturated heterocycles. The smallest absolute Gasteiger partial charge is 0.0453 e. The third-order valence-electron chi connectivity index (χ3n) is 3.95. The second-order valence-electron chi connectivity index (χ2n) is 5.41. The Labute approximate surface area is 120 Å². The zero-order valence-electron chi connectivity index (χ0n) is 10.9. The molecule has 0 heterocycles. The van der Waals surface area contributed by atoms with E-state index in [4.69, 9.17) is 23.2 Å². The van der Waals surface area contributed by atoms with Crippen LogP contribution in [0.25, 0.3) is 0 Å². The van der Waals surface area contributed by atoms with Crippen molar-refractivity contribution in [1.82, 2.24) is 5.32 Å². The lowest BCUT2D eigenvalue weighted by Crippen LogP contribution is -2.42. The van der Waals surface area contributed by atoms with Crippen LogP contribution in [-0.4, -0.2) is 13.1 Å². The Hall–Kier alpha value is -0.240. The van der Waals surface area contributed by atoms with E-state index in [1.807, 2.05) is 18.2 Å². The largest absolute Gasteiger partial charge is 0.316 e. The van der Waals surface area contributed by atoms with Crippen LogP contribution >= 0.6 is 23.2 Å². The molecule has 0 unspecified atom stereocenters. The van der Waals surface area contributed by atoms with Crippen LogP contribution in [0.4, 0.5) is 0 Å². The molecule has 1 aliphatic rings. The van der Waals surface area contributed by atoms with E-state index in [1.54, 1.807) is 0 Å². The molecule has 1 nitrogen and oxygen atoms in total. The third kappa shape index (κ3) is 3.20. The fraction of sp³-hybridized carbons (Fsp3) is 0.600. The quantitative estimate of drug-likeness (QED) is 0.747. The van der Waals surface area contributed by atoms with Crippen molar-refractivity contribution in [3.05, 3.63) is 33.8 Å². The van der Waals surface area contributed by atoms with E-state index >= 15 is 0 Å². The topological polar surface area (TPSA) is 12.0 Å². The summed E-state index contributed by atoms with van der Waals surface area (Å²) in [4.78, 5) is 0. The summed E-state index contributed by atoms with van der Waals surface area (Å²) in [5.41, 5.74) is 1.50. The van der Waals surface area contributed by atoms with Crippen molar-refractivity contribution in [2.45, 2.75) is 39.0 Å². The highest BCUT2D eigenvalue weighted by Gasteiger charge is 2.37. The van der Waals surface area contributed by atoms with Crippen LogP contribution in [0.2, 0.25) is 10.0 Å². The Kier molecular flexibility index (Phi) is 4.94. The highest BCUT2D eigenvalue weighted by molar-refractivity contribution is 6.36. The van der Waals surface area contributed by atoms with Crippen LogP contribution in [-0.2, 0) is 6.42 Å². The van der Waals surface area contributed by atoms with Gasteiger partial charge in [-0.05, 0) is 55.3 Å². The van der Waals surface area contributed by atoms with Crippen LogP contribution in [0.1, 0.15) is 38.2 Å². The fourth-order valence-corrected chi connectivity index (χ4v) is 3.23. The van der Waals surface area contributed by atoms with E-state index in [1.165, 1.54) is 25.7 Å². The molecule has 18 heavy (non-hydrogen) atoms. The summed E-state index contributed by atoms with van der Waals surface area (Å²) in [5, 5.41) is 5.17. The van der Waals surface area contributed by atoms with E-state index in [9.17, 15) is 0 Å². The van der Waals surface area contributed by atoms with Crippen LogP contribution in [0.3, 0.4) is 0 Å². The molecule has 1 N–H and O–H groups in total. The monoisotopic (exact) mass is 285 g/mol. The van der Waals surface area contributed by atoms with Crippen LogP contribution in [0.5, 0.6) is 0 Å². The molecule has 1 fully saturated rings. The fourth-order valence-electron chi connectivity index (χ4n) is 2.70.